The lowest BCUT2D eigenvalue weighted by Gasteiger charge is -2.25. The molecule has 18 heavy (non-hydrogen) atoms. The van der Waals surface area contributed by atoms with Gasteiger partial charge in [-0.05, 0) is 23.5 Å². The van der Waals surface area contributed by atoms with Crippen molar-refractivity contribution in [2.45, 2.75) is 26.1 Å². The highest BCUT2D eigenvalue weighted by Gasteiger charge is 2.24. The summed E-state index contributed by atoms with van der Waals surface area (Å²) in [4.78, 5) is 0. The Morgan fingerprint density at radius 3 is 2.17 bits per heavy atom. The Morgan fingerprint density at radius 1 is 1.06 bits per heavy atom. The molecule has 2 nitrogen and oxygen atoms in total. The minimum Gasteiger partial charge on any atom is -0.486 e. The number of rotatable bonds is 3. The molecule has 0 saturated heterocycles. The zero-order valence-corrected chi connectivity index (χ0v) is 12.4. The van der Waals surface area contributed by atoms with Crippen molar-refractivity contribution in [2.24, 2.45) is 11.8 Å². The van der Waals surface area contributed by atoms with Crippen molar-refractivity contribution in [1.82, 2.24) is 0 Å². The molecule has 0 aromatic heterocycles. The standard InChI is InChI=1S/C14H18Cl2O2/c1-8(2)9(3)14(16)10-6-12-13(7-11(10)15)18-5-4-17-12/h6-9,14H,4-5H2,1-3H3. The highest BCUT2D eigenvalue weighted by molar-refractivity contribution is 6.33. The molecule has 100 valence electrons. The molecule has 0 saturated carbocycles. The van der Waals surface area contributed by atoms with Crippen LogP contribution in [0.15, 0.2) is 12.1 Å². The van der Waals surface area contributed by atoms with Crippen molar-refractivity contribution >= 4 is 23.2 Å². The second-order valence-electron chi connectivity index (χ2n) is 5.02. The number of fused-ring (bicyclic) bond motifs is 1. The largest absolute Gasteiger partial charge is 0.486 e. The number of alkyl halides is 1. The zero-order chi connectivity index (χ0) is 13.3. The van der Waals surface area contributed by atoms with Gasteiger partial charge in [-0.25, -0.2) is 0 Å². The van der Waals surface area contributed by atoms with Crippen molar-refractivity contribution in [2.75, 3.05) is 13.2 Å². The van der Waals surface area contributed by atoms with Gasteiger partial charge in [-0.3, -0.25) is 0 Å². The fourth-order valence-electron chi connectivity index (χ4n) is 1.91. The van der Waals surface area contributed by atoms with E-state index in [9.17, 15) is 0 Å². The number of ether oxygens (including phenoxy) is 2. The first-order valence-electron chi connectivity index (χ1n) is 6.23. The van der Waals surface area contributed by atoms with Gasteiger partial charge in [0, 0.05) is 11.1 Å². The van der Waals surface area contributed by atoms with E-state index >= 15 is 0 Å². The maximum atomic E-state index is 6.52. The summed E-state index contributed by atoms with van der Waals surface area (Å²) in [5.74, 6) is 2.28. The number of benzene rings is 1. The molecule has 0 fully saturated rings. The molecule has 1 aliphatic rings. The lowest BCUT2D eigenvalue weighted by atomic mass is 9.90. The fourth-order valence-corrected chi connectivity index (χ4v) is 2.71. The molecule has 2 unspecified atom stereocenters. The minimum absolute atomic E-state index is 0.117. The molecule has 2 atom stereocenters. The molecule has 0 aliphatic carbocycles. The normalized spacial score (nSPS) is 17.7. The SMILES string of the molecule is CC(C)C(C)C(Cl)c1cc2c(cc1Cl)OCCO2. The van der Waals surface area contributed by atoms with Crippen molar-refractivity contribution in [3.05, 3.63) is 22.7 Å². The van der Waals surface area contributed by atoms with Gasteiger partial charge in [-0.1, -0.05) is 32.4 Å². The summed E-state index contributed by atoms with van der Waals surface area (Å²) in [7, 11) is 0. The van der Waals surface area contributed by atoms with Gasteiger partial charge in [0.1, 0.15) is 13.2 Å². The molecule has 1 aromatic rings. The first kappa shape index (κ1) is 13.8. The highest BCUT2D eigenvalue weighted by atomic mass is 35.5. The molecule has 0 amide bonds. The molecule has 0 N–H and O–H groups in total. The van der Waals surface area contributed by atoms with Gasteiger partial charge in [0.15, 0.2) is 11.5 Å². The van der Waals surface area contributed by atoms with E-state index in [2.05, 4.69) is 20.8 Å². The third kappa shape index (κ3) is 2.70. The van der Waals surface area contributed by atoms with Crippen LogP contribution in [-0.4, -0.2) is 13.2 Å². The average Bonchev–Trinajstić information content (AvgIpc) is 2.36. The van der Waals surface area contributed by atoms with Crippen LogP contribution in [-0.2, 0) is 0 Å². The van der Waals surface area contributed by atoms with E-state index in [4.69, 9.17) is 32.7 Å². The molecule has 2 rings (SSSR count). The predicted molar refractivity (Wildman–Crippen MR) is 75.0 cm³/mol. The smallest absolute Gasteiger partial charge is 0.162 e. The van der Waals surface area contributed by atoms with Crippen molar-refractivity contribution < 1.29 is 9.47 Å². The Kier molecular flexibility index (Phi) is 4.29. The minimum atomic E-state index is -0.117. The molecule has 1 aromatic carbocycles. The van der Waals surface area contributed by atoms with Crippen LogP contribution in [0.2, 0.25) is 5.02 Å². The number of halogens is 2. The van der Waals surface area contributed by atoms with Gasteiger partial charge in [-0.2, -0.15) is 0 Å². The second kappa shape index (κ2) is 5.58. The van der Waals surface area contributed by atoms with E-state index in [-0.39, 0.29) is 5.38 Å². The van der Waals surface area contributed by atoms with E-state index in [1.54, 1.807) is 6.07 Å². The summed E-state index contributed by atoms with van der Waals surface area (Å²) in [5.41, 5.74) is 0.920. The monoisotopic (exact) mass is 288 g/mol. The van der Waals surface area contributed by atoms with Crippen LogP contribution in [0.1, 0.15) is 31.7 Å². The molecular formula is C14H18Cl2O2. The van der Waals surface area contributed by atoms with E-state index in [1.807, 2.05) is 6.07 Å². The molecule has 1 heterocycles. The maximum absolute atomic E-state index is 6.52. The lowest BCUT2D eigenvalue weighted by molar-refractivity contribution is 0.171. The van der Waals surface area contributed by atoms with E-state index in [0.717, 1.165) is 11.3 Å². The van der Waals surface area contributed by atoms with Crippen LogP contribution < -0.4 is 9.47 Å². The van der Waals surface area contributed by atoms with Crippen molar-refractivity contribution in [1.29, 1.82) is 0 Å². The highest BCUT2D eigenvalue weighted by Crippen LogP contribution is 2.43. The van der Waals surface area contributed by atoms with Gasteiger partial charge < -0.3 is 9.47 Å². The molecule has 4 heteroatoms. The van der Waals surface area contributed by atoms with Crippen LogP contribution >= 0.6 is 23.2 Å². The Morgan fingerprint density at radius 2 is 1.61 bits per heavy atom. The first-order chi connectivity index (χ1) is 8.50. The zero-order valence-electron chi connectivity index (χ0n) is 10.9. The Labute approximate surface area is 118 Å². The topological polar surface area (TPSA) is 18.5 Å². The van der Waals surface area contributed by atoms with E-state index in [0.29, 0.717) is 35.8 Å². The molecule has 0 spiro atoms. The molecule has 0 bridgehead atoms. The van der Waals surface area contributed by atoms with Crippen LogP contribution in [0.5, 0.6) is 11.5 Å². The maximum Gasteiger partial charge on any atom is 0.162 e. The average molecular weight is 289 g/mol. The van der Waals surface area contributed by atoms with Gasteiger partial charge in [0.2, 0.25) is 0 Å². The van der Waals surface area contributed by atoms with Crippen LogP contribution in [0, 0.1) is 11.8 Å². The van der Waals surface area contributed by atoms with Gasteiger partial charge in [0.25, 0.3) is 0 Å². The van der Waals surface area contributed by atoms with E-state index in [1.165, 1.54) is 0 Å². The first-order valence-corrected chi connectivity index (χ1v) is 7.05. The van der Waals surface area contributed by atoms with Crippen LogP contribution in [0.25, 0.3) is 0 Å². The van der Waals surface area contributed by atoms with Gasteiger partial charge in [-0.15, -0.1) is 11.6 Å². The van der Waals surface area contributed by atoms with E-state index < -0.39 is 0 Å². The molecule has 0 radical (unpaired) electrons. The van der Waals surface area contributed by atoms with Crippen molar-refractivity contribution in [3.63, 3.8) is 0 Å². The van der Waals surface area contributed by atoms with Crippen molar-refractivity contribution in [3.8, 4) is 11.5 Å². The summed E-state index contributed by atoms with van der Waals surface area (Å²) in [6.45, 7) is 7.59. The van der Waals surface area contributed by atoms with Crippen LogP contribution in [0.4, 0.5) is 0 Å². The summed E-state index contributed by atoms with van der Waals surface area (Å²) in [6.07, 6.45) is 0. The predicted octanol–water partition coefficient (Wildman–Crippen LogP) is 4.68. The third-order valence-electron chi connectivity index (χ3n) is 3.47. The summed E-state index contributed by atoms with van der Waals surface area (Å²) in [6, 6.07) is 3.71. The second-order valence-corrected chi connectivity index (χ2v) is 5.90. The fraction of sp³-hybridized carbons (Fsp3) is 0.571. The summed E-state index contributed by atoms with van der Waals surface area (Å²) in [5, 5.41) is 0.528. The molecule has 1 aliphatic heterocycles. The van der Waals surface area contributed by atoms with Crippen LogP contribution in [0.3, 0.4) is 0 Å². The van der Waals surface area contributed by atoms with Gasteiger partial charge >= 0.3 is 0 Å². The Hall–Kier alpha value is -0.600. The molecular weight excluding hydrogens is 271 g/mol. The Bertz CT molecular complexity index is 432. The number of hydrogen-bond donors (Lipinski definition) is 0. The van der Waals surface area contributed by atoms with Gasteiger partial charge in [0.05, 0.1) is 5.38 Å². The third-order valence-corrected chi connectivity index (χ3v) is 4.43. The summed E-state index contributed by atoms with van der Waals surface area (Å²) < 4.78 is 11.1. The Balaban J connectivity index is 2.33. The summed E-state index contributed by atoms with van der Waals surface area (Å²) >= 11 is 12.8. The lowest BCUT2D eigenvalue weighted by Crippen LogP contribution is -2.16. The quantitative estimate of drug-likeness (QED) is 0.752. The number of hydrogen-bond acceptors (Lipinski definition) is 2.